The van der Waals surface area contributed by atoms with Gasteiger partial charge in [-0.25, -0.2) is 0 Å². The lowest BCUT2D eigenvalue weighted by Crippen LogP contribution is -2.41. The number of hydrogen-bond donors (Lipinski definition) is 2. The Morgan fingerprint density at radius 3 is 2.78 bits per heavy atom. The van der Waals surface area contributed by atoms with E-state index in [1.807, 2.05) is 30.3 Å². The molecule has 1 unspecified atom stereocenters. The van der Waals surface area contributed by atoms with E-state index in [0.717, 1.165) is 5.75 Å². The molecule has 23 heavy (non-hydrogen) atoms. The van der Waals surface area contributed by atoms with E-state index in [1.165, 1.54) is 0 Å². The summed E-state index contributed by atoms with van der Waals surface area (Å²) < 4.78 is 17.2. The molecule has 1 aliphatic heterocycles. The molecule has 0 fully saturated rings. The third-order valence-electron chi connectivity index (χ3n) is 3.28. The number of hydrogen-bond acceptors (Lipinski definition) is 5. The SMILES string of the molecule is O=C(CO)NCC1COc2cc(Oc3ccccc3)ccc2O1. The van der Waals surface area contributed by atoms with Gasteiger partial charge in [-0.2, -0.15) is 0 Å². The first kappa shape index (κ1) is 15.2. The van der Waals surface area contributed by atoms with E-state index in [0.29, 0.717) is 23.9 Å². The topological polar surface area (TPSA) is 77.0 Å². The number of aliphatic hydroxyl groups is 1. The minimum Gasteiger partial charge on any atom is -0.486 e. The number of carbonyl (C=O) groups excluding carboxylic acids is 1. The van der Waals surface area contributed by atoms with E-state index >= 15 is 0 Å². The second-order valence-electron chi connectivity index (χ2n) is 5.04. The average Bonchev–Trinajstić information content (AvgIpc) is 2.60. The highest BCUT2D eigenvalue weighted by atomic mass is 16.6. The molecule has 1 aliphatic rings. The highest BCUT2D eigenvalue weighted by Gasteiger charge is 2.22. The lowest BCUT2D eigenvalue weighted by Gasteiger charge is -2.26. The smallest absolute Gasteiger partial charge is 0.245 e. The molecule has 0 saturated heterocycles. The Morgan fingerprint density at radius 1 is 1.17 bits per heavy atom. The fourth-order valence-electron chi connectivity index (χ4n) is 2.17. The average molecular weight is 315 g/mol. The highest BCUT2D eigenvalue weighted by molar-refractivity contribution is 5.76. The summed E-state index contributed by atoms with van der Waals surface area (Å²) >= 11 is 0. The van der Waals surface area contributed by atoms with Gasteiger partial charge in [0.2, 0.25) is 5.91 Å². The minimum atomic E-state index is -0.537. The molecule has 0 aliphatic carbocycles. The molecule has 1 atom stereocenters. The van der Waals surface area contributed by atoms with Gasteiger partial charge in [0.25, 0.3) is 0 Å². The number of fused-ring (bicyclic) bond motifs is 1. The molecule has 1 amide bonds. The zero-order valence-corrected chi connectivity index (χ0v) is 12.4. The molecule has 2 aromatic rings. The molecule has 0 spiro atoms. The van der Waals surface area contributed by atoms with Gasteiger partial charge in [-0.15, -0.1) is 0 Å². The fraction of sp³-hybridized carbons (Fsp3) is 0.235. The van der Waals surface area contributed by atoms with Crippen LogP contribution in [0.5, 0.6) is 23.0 Å². The van der Waals surface area contributed by atoms with Crippen molar-refractivity contribution >= 4 is 5.91 Å². The summed E-state index contributed by atoms with van der Waals surface area (Å²) in [5, 5.41) is 11.2. The summed E-state index contributed by atoms with van der Waals surface area (Å²) in [6, 6.07) is 14.8. The Kier molecular flexibility index (Phi) is 4.63. The normalized spacial score (nSPS) is 15.8. The van der Waals surface area contributed by atoms with E-state index in [9.17, 15) is 4.79 Å². The first-order valence-corrected chi connectivity index (χ1v) is 7.28. The molecule has 6 heteroatoms. The molecule has 0 aromatic heterocycles. The molecular weight excluding hydrogens is 298 g/mol. The number of benzene rings is 2. The number of aliphatic hydroxyl groups excluding tert-OH is 1. The van der Waals surface area contributed by atoms with Crippen LogP contribution in [-0.2, 0) is 4.79 Å². The van der Waals surface area contributed by atoms with Gasteiger partial charge < -0.3 is 24.6 Å². The molecular formula is C17H17NO5. The number of amides is 1. The molecule has 1 heterocycles. The van der Waals surface area contributed by atoms with Gasteiger partial charge in [-0.3, -0.25) is 4.79 Å². The monoisotopic (exact) mass is 315 g/mol. The second kappa shape index (κ2) is 7.02. The van der Waals surface area contributed by atoms with Crippen LogP contribution < -0.4 is 19.5 Å². The maximum absolute atomic E-state index is 11.0. The maximum Gasteiger partial charge on any atom is 0.245 e. The summed E-state index contributed by atoms with van der Waals surface area (Å²) in [5.41, 5.74) is 0. The van der Waals surface area contributed by atoms with Crippen molar-refractivity contribution in [1.29, 1.82) is 0 Å². The predicted molar refractivity (Wildman–Crippen MR) is 83.0 cm³/mol. The van der Waals surface area contributed by atoms with Crippen molar-refractivity contribution in [3.8, 4) is 23.0 Å². The van der Waals surface area contributed by atoms with Crippen molar-refractivity contribution in [3.05, 3.63) is 48.5 Å². The summed E-state index contributed by atoms with van der Waals surface area (Å²) in [4.78, 5) is 11.0. The van der Waals surface area contributed by atoms with Gasteiger partial charge in [0.1, 0.15) is 30.8 Å². The van der Waals surface area contributed by atoms with Gasteiger partial charge in [-0.05, 0) is 24.3 Å². The maximum atomic E-state index is 11.0. The molecule has 6 nitrogen and oxygen atoms in total. The van der Waals surface area contributed by atoms with Crippen LogP contribution in [0.25, 0.3) is 0 Å². The minimum absolute atomic E-state index is 0.279. The van der Waals surface area contributed by atoms with Crippen LogP contribution in [0.15, 0.2) is 48.5 Å². The molecule has 0 saturated carbocycles. The molecule has 0 radical (unpaired) electrons. The van der Waals surface area contributed by atoms with E-state index in [1.54, 1.807) is 18.2 Å². The third kappa shape index (κ3) is 3.92. The zero-order valence-electron chi connectivity index (χ0n) is 12.4. The number of para-hydroxylation sites is 1. The molecule has 0 bridgehead atoms. The Morgan fingerprint density at radius 2 is 2.00 bits per heavy atom. The largest absolute Gasteiger partial charge is 0.486 e. The van der Waals surface area contributed by atoms with Crippen molar-refractivity contribution in [3.63, 3.8) is 0 Å². The number of rotatable bonds is 5. The van der Waals surface area contributed by atoms with Crippen LogP contribution in [-0.4, -0.2) is 36.9 Å². The molecule has 2 N–H and O–H groups in total. The molecule has 3 rings (SSSR count). The Balaban J connectivity index is 1.63. The number of nitrogens with one attached hydrogen (secondary N) is 1. The Hall–Kier alpha value is -2.73. The lowest BCUT2D eigenvalue weighted by atomic mass is 10.2. The van der Waals surface area contributed by atoms with Gasteiger partial charge in [0.05, 0.1) is 6.54 Å². The summed E-state index contributed by atoms with van der Waals surface area (Å²) in [5.74, 6) is 2.16. The van der Waals surface area contributed by atoms with Gasteiger partial charge in [-0.1, -0.05) is 18.2 Å². The van der Waals surface area contributed by atoms with Crippen molar-refractivity contribution in [2.24, 2.45) is 0 Å². The van der Waals surface area contributed by atoms with Gasteiger partial charge in [0, 0.05) is 6.07 Å². The van der Waals surface area contributed by atoms with Crippen LogP contribution in [0.3, 0.4) is 0 Å². The van der Waals surface area contributed by atoms with E-state index < -0.39 is 12.5 Å². The Labute approximate surface area is 133 Å². The molecule has 2 aromatic carbocycles. The van der Waals surface area contributed by atoms with Crippen LogP contribution in [0.1, 0.15) is 0 Å². The van der Waals surface area contributed by atoms with Crippen LogP contribution in [0.2, 0.25) is 0 Å². The Bertz CT molecular complexity index is 674. The van der Waals surface area contributed by atoms with Crippen LogP contribution in [0, 0.1) is 0 Å². The highest BCUT2D eigenvalue weighted by Crippen LogP contribution is 2.36. The third-order valence-corrected chi connectivity index (χ3v) is 3.28. The first-order valence-electron chi connectivity index (χ1n) is 7.28. The number of ether oxygens (including phenoxy) is 3. The summed E-state index contributed by atoms with van der Waals surface area (Å²) in [6.45, 7) is 0.0545. The van der Waals surface area contributed by atoms with E-state index in [4.69, 9.17) is 19.3 Å². The first-order chi connectivity index (χ1) is 11.2. The molecule has 120 valence electrons. The zero-order chi connectivity index (χ0) is 16.1. The van der Waals surface area contributed by atoms with Gasteiger partial charge >= 0.3 is 0 Å². The van der Waals surface area contributed by atoms with Crippen molar-refractivity contribution in [1.82, 2.24) is 5.32 Å². The van der Waals surface area contributed by atoms with E-state index in [2.05, 4.69) is 5.32 Å². The van der Waals surface area contributed by atoms with Crippen molar-refractivity contribution < 1.29 is 24.1 Å². The summed E-state index contributed by atoms with van der Waals surface area (Å²) in [7, 11) is 0. The van der Waals surface area contributed by atoms with Crippen LogP contribution >= 0.6 is 0 Å². The standard InChI is InChI=1S/C17H17NO5/c19-10-17(20)18-9-14-11-21-16-8-13(6-7-15(16)23-14)22-12-4-2-1-3-5-12/h1-8,14,19H,9-11H2,(H,18,20). The predicted octanol–water partition coefficient (Wildman–Crippen LogP) is 1.73. The van der Waals surface area contributed by atoms with Crippen molar-refractivity contribution in [2.75, 3.05) is 19.8 Å². The van der Waals surface area contributed by atoms with Crippen LogP contribution in [0.4, 0.5) is 0 Å². The quantitative estimate of drug-likeness (QED) is 0.878. The lowest BCUT2D eigenvalue weighted by molar-refractivity contribution is -0.124. The van der Waals surface area contributed by atoms with E-state index in [-0.39, 0.29) is 12.6 Å². The van der Waals surface area contributed by atoms with Gasteiger partial charge in [0.15, 0.2) is 11.5 Å². The summed E-state index contributed by atoms with van der Waals surface area (Å²) in [6.07, 6.45) is -0.293. The second-order valence-corrected chi connectivity index (χ2v) is 5.04. The van der Waals surface area contributed by atoms with Crippen molar-refractivity contribution in [2.45, 2.75) is 6.10 Å². The fourth-order valence-corrected chi connectivity index (χ4v) is 2.17. The number of carbonyl (C=O) groups is 1.